The van der Waals surface area contributed by atoms with E-state index in [4.69, 9.17) is 14.2 Å². The minimum atomic E-state index is -0.810. The average Bonchev–Trinajstić information content (AvgIpc) is 3.49. The molecule has 0 radical (unpaired) electrons. The minimum Gasteiger partial charge on any atom is -0.462 e. The Morgan fingerprint density at radius 2 is 0.482 bits per heavy atom. The highest BCUT2D eigenvalue weighted by molar-refractivity contribution is 5.71. The molecular formula is C77H136O6. The first-order valence-electron chi connectivity index (χ1n) is 36.1. The minimum absolute atomic E-state index is 0.0989. The molecule has 0 saturated heterocycles. The first-order chi connectivity index (χ1) is 41.0. The van der Waals surface area contributed by atoms with Gasteiger partial charge in [-0.3, -0.25) is 14.4 Å². The van der Waals surface area contributed by atoms with Crippen LogP contribution in [0.4, 0.5) is 0 Å². The number of carbonyl (C=O) groups excluding carboxylic acids is 3. The summed E-state index contributed by atoms with van der Waals surface area (Å²) < 4.78 is 16.9. The molecule has 1 unspecified atom stereocenters. The van der Waals surface area contributed by atoms with Crippen LogP contribution in [0.25, 0.3) is 0 Å². The van der Waals surface area contributed by atoms with Crippen LogP contribution in [-0.4, -0.2) is 37.2 Å². The number of carbonyl (C=O) groups is 3. The van der Waals surface area contributed by atoms with Crippen molar-refractivity contribution in [2.75, 3.05) is 13.2 Å². The van der Waals surface area contributed by atoms with Crippen molar-refractivity contribution in [3.8, 4) is 0 Å². The third kappa shape index (κ3) is 69.3. The van der Waals surface area contributed by atoms with E-state index in [9.17, 15) is 14.4 Å². The maximum Gasteiger partial charge on any atom is 0.306 e. The second-order valence-corrected chi connectivity index (χ2v) is 24.1. The van der Waals surface area contributed by atoms with Gasteiger partial charge in [0.2, 0.25) is 0 Å². The molecule has 480 valence electrons. The Labute approximate surface area is 515 Å². The van der Waals surface area contributed by atoms with Crippen molar-refractivity contribution in [2.45, 2.75) is 374 Å². The van der Waals surface area contributed by atoms with Crippen LogP contribution in [0.15, 0.2) is 85.1 Å². The topological polar surface area (TPSA) is 78.9 Å². The van der Waals surface area contributed by atoms with E-state index in [0.717, 1.165) is 83.5 Å². The lowest BCUT2D eigenvalue weighted by Crippen LogP contribution is -2.30. The normalized spacial score (nSPS) is 12.6. The van der Waals surface area contributed by atoms with Crippen molar-refractivity contribution >= 4 is 17.9 Å². The van der Waals surface area contributed by atoms with Crippen LogP contribution in [-0.2, 0) is 28.6 Å². The van der Waals surface area contributed by atoms with Gasteiger partial charge in [-0.25, -0.2) is 0 Å². The van der Waals surface area contributed by atoms with Crippen LogP contribution in [0.1, 0.15) is 367 Å². The average molecular weight is 1160 g/mol. The Kier molecular flexibility index (Phi) is 68.2. The van der Waals surface area contributed by atoms with Crippen LogP contribution in [0, 0.1) is 0 Å². The lowest BCUT2D eigenvalue weighted by atomic mass is 10.0. The molecule has 0 rings (SSSR count). The zero-order valence-electron chi connectivity index (χ0n) is 55.2. The molecule has 6 nitrogen and oxygen atoms in total. The molecule has 0 heterocycles. The molecule has 0 aromatic carbocycles. The van der Waals surface area contributed by atoms with E-state index in [2.05, 4.69) is 106 Å². The maximum absolute atomic E-state index is 12.9. The van der Waals surface area contributed by atoms with Gasteiger partial charge >= 0.3 is 17.9 Å². The number of hydrogen-bond acceptors (Lipinski definition) is 6. The fourth-order valence-electron chi connectivity index (χ4n) is 10.5. The second-order valence-electron chi connectivity index (χ2n) is 24.1. The monoisotopic (exact) mass is 1160 g/mol. The third-order valence-corrected chi connectivity index (χ3v) is 15.9. The molecule has 1 atom stereocenters. The van der Waals surface area contributed by atoms with Gasteiger partial charge in [0.1, 0.15) is 13.2 Å². The number of rotatable bonds is 66. The fourth-order valence-corrected chi connectivity index (χ4v) is 10.5. The van der Waals surface area contributed by atoms with Crippen molar-refractivity contribution in [1.82, 2.24) is 0 Å². The van der Waals surface area contributed by atoms with E-state index < -0.39 is 6.10 Å². The first kappa shape index (κ1) is 79.6. The SMILES string of the molecule is CC/C=C\C/C=C\C/C=C\C/C=C\C/C=C\CCCC(=O)OC(COC(=O)CCCCCCC/C=C\CCCCCC)COC(=O)CCCCCCCCCCCCCCCCCCCCCCCCC/C=C\CCCCCCCCCC. The van der Waals surface area contributed by atoms with Crippen molar-refractivity contribution in [3.05, 3.63) is 85.1 Å². The largest absolute Gasteiger partial charge is 0.462 e. The van der Waals surface area contributed by atoms with Crippen molar-refractivity contribution in [1.29, 1.82) is 0 Å². The molecule has 0 amide bonds. The lowest BCUT2D eigenvalue weighted by molar-refractivity contribution is -0.167. The van der Waals surface area contributed by atoms with Gasteiger partial charge in [-0.05, 0) is 109 Å². The molecule has 0 saturated carbocycles. The second kappa shape index (κ2) is 71.1. The molecule has 0 spiro atoms. The standard InChI is InChI=1S/C77H136O6/c1-4-7-10-13-16-19-22-25-27-29-30-31-32-33-34-35-36-37-38-39-40-41-42-43-44-45-46-48-49-52-55-58-61-64-67-70-76(79)82-73-74(72-81-75(78)69-66-63-60-57-54-51-24-21-18-15-12-9-6-3)83-77(80)71-68-65-62-59-56-53-50-47-28-26-23-20-17-14-11-8-5-2/h8,11,17,20-21,24,26,28-30,50,53,59,62,74H,4-7,9-10,12-16,18-19,22-23,25,27,31-49,51-52,54-58,60-61,63-73H2,1-3H3/b11-8-,20-17-,24-21-,28-26-,30-29-,53-50-,62-59-. The highest BCUT2D eigenvalue weighted by atomic mass is 16.6. The van der Waals surface area contributed by atoms with Crippen LogP contribution >= 0.6 is 0 Å². The third-order valence-electron chi connectivity index (χ3n) is 15.9. The predicted molar refractivity (Wildman–Crippen MR) is 362 cm³/mol. The summed E-state index contributed by atoms with van der Waals surface area (Å²) in [6, 6.07) is 0. The summed E-state index contributed by atoms with van der Waals surface area (Å²) >= 11 is 0. The number of ether oxygens (including phenoxy) is 3. The van der Waals surface area contributed by atoms with E-state index in [1.54, 1.807) is 0 Å². The quantitative estimate of drug-likeness (QED) is 0.0261. The van der Waals surface area contributed by atoms with Crippen LogP contribution in [0.3, 0.4) is 0 Å². The van der Waals surface area contributed by atoms with E-state index in [0.29, 0.717) is 19.3 Å². The van der Waals surface area contributed by atoms with E-state index >= 15 is 0 Å². The smallest absolute Gasteiger partial charge is 0.306 e. The molecule has 0 aromatic heterocycles. The highest BCUT2D eigenvalue weighted by Gasteiger charge is 2.19. The summed E-state index contributed by atoms with van der Waals surface area (Å²) in [5, 5.41) is 0. The van der Waals surface area contributed by atoms with Crippen LogP contribution in [0.2, 0.25) is 0 Å². The number of unbranched alkanes of at least 4 members (excludes halogenated alkanes) is 41. The number of hydrogen-bond donors (Lipinski definition) is 0. The molecular weight excluding hydrogens is 1020 g/mol. The van der Waals surface area contributed by atoms with Crippen molar-refractivity contribution < 1.29 is 28.6 Å². The van der Waals surface area contributed by atoms with Gasteiger partial charge < -0.3 is 14.2 Å². The Hall–Kier alpha value is -3.41. The molecule has 83 heavy (non-hydrogen) atoms. The zero-order chi connectivity index (χ0) is 59.9. The summed E-state index contributed by atoms with van der Waals surface area (Å²) in [4.78, 5) is 38.3. The highest BCUT2D eigenvalue weighted by Crippen LogP contribution is 2.18. The zero-order valence-corrected chi connectivity index (χ0v) is 55.2. The molecule has 0 N–H and O–H groups in total. The van der Waals surface area contributed by atoms with Crippen molar-refractivity contribution in [3.63, 3.8) is 0 Å². The van der Waals surface area contributed by atoms with Gasteiger partial charge in [-0.1, -0.05) is 324 Å². The molecule has 0 fully saturated rings. The van der Waals surface area contributed by atoms with E-state index in [-0.39, 0.29) is 37.5 Å². The Bertz CT molecular complexity index is 1570. The van der Waals surface area contributed by atoms with Crippen LogP contribution < -0.4 is 0 Å². The summed E-state index contributed by atoms with van der Waals surface area (Å²) in [5.74, 6) is -0.952. The summed E-state index contributed by atoms with van der Waals surface area (Å²) in [5.41, 5.74) is 0. The van der Waals surface area contributed by atoms with Crippen molar-refractivity contribution in [2.24, 2.45) is 0 Å². The van der Waals surface area contributed by atoms with Crippen LogP contribution in [0.5, 0.6) is 0 Å². The van der Waals surface area contributed by atoms with E-state index in [1.165, 1.54) is 238 Å². The molecule has 0 aliphatic heterocycles. The molecule has 0 aliphatic rings. The predicted octanol–water partition coefficient (Wildman–Crippen LogP) is 25.0. The summed E-state index contributed by atoms with van der Waals surface area (Å²) in [7, 11) is 0. The maximum atomic E-state index is 12.9. The van der Waals surface area contributed by atoms with Gasteiger partial charge in [-0.15, -0.1) is 0 Å². The van der Waals surface area contributed by atoms with Gasteiger partial charge in [0.15, 0.2) is 6.10 Å². The number of esters is 3. The van der Waals surface area contributed by atoms with Gasteiger partial charge in [0, 0.05) is 19.3 Å². The summed E-state index contributed by atoms with van der Waals surface area (Å²) in [6.07, 6.45) is 95.1. The number of allylic oxidation sites excluding steroid dienone is 14. The van der Waals surface area contributed by atoms with Gasteiger partial charge in [0.25, 0.3) is 0 Å². The Morgan fingerprint density at radius 1 is 0.253 bits per heavy atom. The molecule has 6 heteroatoms. The fraction of sp³-hybridized carbons (Fsp3) is 0.779. The summed E-state index contributed by atoms with van der Waals surface area (Å²) in [6.45, 7) is 6.50. The van der Waals surface area contributed by atoms with Gasteiger partial charge in [-0.2, -0.15) is 0 Å². The Balaban J connectivity index is 4.14. The van der Waals surface area contributed by atoms with E-state index in [1.807, 2.05) is 0 Å². The van der Waals surface area contributed by atoms with Gasteiger partial charge in [0.05, 0.1) is 0 Å². The molecule has 0 aromatic rings. The molecule has 0 bridgehead atoms. The lowest BCUT2D eigenvalue weighted by Gasteiger charge is -2.18. The molecule has 0 aliphatic carbocycles. The first-order valence-corrected chi connectivity index (χ1v) is 36.1. The Morgan fingerprint density at radius 3 is 0.795 bits per heavy atom.